The molecular weight excluding hydrogens is 158 g/mol. The Morgan fingerprint density at radius 1 is 1.33 bits per heavy atom. The second kappa shape index (κ2) is 9.43. The van der Waals surface area contributed by atoms with E-state index in [1.807, 2.05) is 12.2 Å². The predicted octanol–water partition coefficient (Wildman–Crippen LogP) is -0.254. The van der Waals surface area contributed by atoms with Gasteiger partial charge in [0.05, 0.1) is 0 Å². The van der Waals surface area contributed by atoms with Crippen LogP contribution in [0.2, 0.25) is 0 Å². The third kappa shape index (κ3) is 23.7. The Labute approximate surface area is 71.8 Å². The highest BCUT2D eigenvalue weighted by molar-refractivity contribution is 5.74. The summed E-state index contributed by atoms with van der Waals surface area (Å²) in [6.45, 7) is 5.41. The summed E-state index contributed by atoms with van der Waals surface area (Å²) in [5, 5.41) is 12.1. The fraction of sp³-hybridized carbons (Fsp3) is 0.571. The van der Waals surface area contributed by atoms with Crippen molar-refractivity contribution in [3.05, 3.63) is 0 Å². The molecule has 0 aliphatic rings. The lowest BCUT2D eigenvalue weighted by Gasteiger charge is -1.88. The van der Waals surface area contributed by atoms with Gasteiger partial charge in [0, 0.05) is 20.4 Å². The molecule has 0 aliphatic carbocycles. The van der Waals surface area contributed by atoms with Crippen LogP contribution in [0.15, 0.2) is 0 Å². The summed E-state index contributed by atoms with van der Waals surface area (Å²) in [7, 11) is 0. The van der Waals surface area contributed by atoms with Crippen molar-refractivity contribution < 1.29 is 9.59 Å². The molecule has 0 bridgehead atoms. The Hall–Kier alpha value is -1.57. The Balaban J connectivity index is 0. The molecule has 0 saturated carbocycles. The van der Waals surface area contributed by atoms with Crippen LogP contribution >= 0.6 is 0 Å². The highest BCUT2D eigenvalue weighted by Gasteiger charge is 1.79. The number of nitrogens with one attached hydrogen (secondary N) is 2. The van der Waals surface area contributed by atoms with Gasteiger partial charge in [-0.2, -0.15) is 5.26 Å². The van der Waals surface area contributed by atoms with Crippen molar-refractivity contribution in [1.29, 1.82) is 5.26 Å². The molecule has 0 radical (unpaired) electrons. The second-order valence-corrected chi connectivity index (χ2v) is 1.88. The lowest BCUT2D eigenvalue weighted by Crippen LogP contribution is -2.18. The van der Waals surface area contributed by atoms with Crippen molar-refractivity contribution in [2.45, 2.75) is 20.8 Å². The van der Waals surface area contributed by atoms with Gasteiger partial charge < -0.3 is 5.32 Å². The first-order valence-corrected chi connectivity index (χ1v) is 3.44. The van der Waals surface area contributed by atoms with E-state index in [0.717, 1.165) is 6.54 Å². The maximum absolute atomic E-state index is 9.93. The molecule has 0 aromatic heterocycles. The SMILES string of the molecule is CC(=O)NC#N.CCNC(C)=O. The summed E-state index contributed by atoms with van der Waals surface area (Å²) in [5.41, 5.74) is 0. The second-order valence-electron chi connectivity index (χ2n) is 1.88. The Bertz CT molecular complexity index is 184. The molecule has 0 heterocycles. The molecule has 0 saturated heterocycles. The zero-order valence-corrected chi connectivity index (χ0v) is 7.47. The van der Waals surface area contributed by atoms with Gasteiger partial charge in [0.2, 0.25) is 11.8 Å². The largest absolute Gasteiger partial charge is 0.357 e. The van der Waals surface area contributed by atoms with E-state index >= 15 is 0 Å². The van der Waals surface area contributed by atoms with Gasteiger partial charge >= 0.3 is 0 Å². The smallest absolute Gasteiger partial charge is 0.229 e. The van der Waals surface area contributed by atoms with Crippen LogP contribution in [0, 0.1) is 11.5 Å². The van der Waals surface area contributed by atoms with Crippen LogP contribution < -0.4 is 10.6 Å². The van der Waals surface area contributed by atoms with Crippen molar-refractivity contribution in [2.24, 2.45) is 0 Å². The van der Waals surface area contributed by atoms with Gasteiger partial charge in [-0.05, 0) is 6.92 Å². The van der Waals surface area contributed by atoms with E-state index in [-0.39, 0.29) is 11.8 Å². The first kappa shape index (κ1) is 13.1. The first-order chi connectivity index (χ1) is 5.54. The maximum Gasteiger partial charge on any atom is 0.229 e. The number of hydrogen-bond acceptors (Lipinski definition) is 3. The summed E-state index contributed by atoms with van der Waals surface area (Å²) >= 11 is 0. The molecule has 0 rings (SSSR count). The number of carbonyl (C=O) groups is 2. The van der Waals surface area contributed by atoms with Gasteiger partial charge in [-0.1, -0.05) is 0 Å². The Kier molecular flexibility index (Phi) is 10.3. The molecule has 0 aromatic carbocycles. The summed E-state index contributed by atoms with van der Waals surface area (Å²) < 4.78 is 0. The number of rotatable bonds is 1. The fourth-order valence-corrected chi connectivity index (χ4v) is 0.328. The number of hydrogen-bond donors (Lipinski definition) is 2. The highest BCUT2D eigenvalue weighted by Crippen LogP contribution is 1.54. The number of carbonyl (C=O) groups excluding carboxylic acids is 2. The van der Waals surface area contributed by atoms with Crippen LogP contribution in [0.4, 0.5) is 0 Å². The van der Waals surface area contributed by atoms with Crippen LogP contribution in [0.1, 0.15) is 20.8 Å². The maximum atomic E-state index is 9.93. The Morgan fingerprint density at radius 2 is 1.83 bits per heavy atom. The first-order valence-electron chi connectivity index (χ1n) is 3.44. The number of nitriles is 1. The van der Waals surface area contributed by atoms with Crippen molar-refractivity contribution in [3.63, 3.8) is 0 Å². The normalized spacial score (nSPS) is 6.83. The molecule has 2 N–H and O–H groups in total. The van der Waals surface area contributed by atoms with Crippen molar-refractivity contribution in [3.8, 4) is 6.19 Å². The molecule has 0 fully saturated rings. The summed E-state index contributed by atoms with van der Waals surface area (Å²) in [4.78, 5) is 19.6. The zero-order valence-electron chi connectivity index (χ0n) is 7.47. The predicted molar refractivity (Wildman–Crippen MR) is 43.8 cm³/mol. The summed E-state index contributed by atoms with van der Waals surface area (Å²) in [6.07, 6.45) is 1.47. The molecule has 5 heteroatoms. The number of nitrogens with zero attached hydrogens (tertiary/aromatic N) is 1. The Morgan fingerprint density at radius 3 is 1.83 bits per heavy atom. The lowest BCUT2D eigenvalue weighted by molar-refractivity contribution is -0.119. The van der Waals surface area contributed by atoms with Gasteiger partial charge in [0.1, 0.15) is 0 Å². The molecule has 0 unspecified atom stereocenters. The molecule has 68 valence electrons. The van der Waals surface area contributed by atoms with E-state index in [4.69, 9.17) is 5.26 Å². The van der Waals surface area contributed by atoms with Crippen molar-refractivity contribution >= 4 is 11.8 Å². The minimum atomic E-state index is -0.322. The van der Waals surface area contributed by atoms with E-state index in [2.05, 4.69) is 5.32 Å². The molecule has 0 aromatic rings. The molecule has 12 heavy (non-hydrogen) atoms. The highest BCUT2D eigenvalue weighted by atomic mass is 16.1. The van der Waals surface area contributed by atoms with Gasteiger partial charge in [0.25, 0.3) is 0 Å². The van der Waals surface area contributed by atoms with Gasteiger partial charge in [-0.15, -0.1) is 0 Å². The van der Waals surface area contributed by atoms with Crippen LogP contribution in [0.25, 0.3) is 0 Å². The minimum Gasteiger partial charge on any atom is -0.357 e. The molecule has 5 nitrogen and oxygen atoms in total. The topological polar surface area (TPSA) is 82.0 Å². The van der Waals surface area contributed by atoms with Crippen LogP contribution in [0.5, 0.6) is 0 Å². The molecule has 0 spiro atoms. The van der Waals surface area contributed by atoms with E-state index < -0.39 is 0 Å². The summed E-state index contributed by atoms with van der Waals surface area (Å²) in [5.74, 6) is -0.282. The van der Waals surface area contributed by atoms with Crippen LogP contribution in [0.3, 0.4) is 0 Å². The van der Waals surface area contributed by atoms with E-state index in [9.17, 15) is 9.59 Å². The third-order valence-electron chi connectivity index (χ3n) is 0.658. The average molecular weight is 171 g/mol. The minimum absolute atomic E-state index is 0.0394. The third-order valence-corrected chi connectivity index (χ3v) is 0.658. The van der Waals surface area contributed by atoms with Crippen molar-refractivity contribution in [1.82, 2.24) is 10.6 Å². The van der Waals surface area contributed by atoms with Crippen LogP contribution in [-0.4, -0.2) is 18.4 Å². The molecule has 0 atom stereocenters. The van der Waals surface area contributed by atoms with Gasteiger partial charge in [-0.25, -0.2) is 0 Å². The fourth-order valence-electron chi connectivity index (χ4n) is 0.328. The standard InChI is InChI=1S/C4H9NO.C3H4N2O/c1-3-5-4(2)6;1-3(6)5-2-4/h3H2,1-2H3,(H,5,6);1H3,(H,5,6). The van der Waals surface area contributed by atoms with E-state index in [0.29, 0.717) is 0 Å². The summed E-state index contributed by atoms with van der Waals surface area (Å²) in [6, 6.07) is 0. The van der Waals surface area contributed by atoms with E-state index in [1.54, 1.807) is 0 Å². The lowest BCUT2D eigenvalue weighted by atomic mass is 10.6. The quantitative estimate of drug-likeness (QED) is 0.421. The molecule has 0 aliphatic heterocycles. The molecule has 2 amide bonds. The van der Waals surface area contributed by atoms with E-state index in [1.165, 1.54) is 20.0 Å². The van der Waals surface area contributed by atoms with Crippen molar-refractivity contribution in [2.75, 3.05) is 6.54 Å². The molecular formula is C7H13N3O2. The van der Waals surface area contributed by atoms with Gasteiger partial charge in [-0.3, -0.25) is 14.9 Å². The number of amides is 2. The zero-order chi connectivity index (χ0) is 9.98. The monoisotopic (exact) mass is 171 g/mol. The van der Waals surface area contributed by atoms with Crippen LogP contribution in [-0.2, 0) is 9.59 Å². The van der Waals surface area contributed by atoms with Gasteiger partial charge in [0.15, 0.2) is 6.19 Å². The average Bonchev–Trinajstić information content (AvgIpc) is 1.87.